The van der Waals surface area contributed by atoms with Gasteiger partial charge >= 0.3 is 0 Å². The molecule has 90 valence electrons. The summed E-state index contributed by atoms with van der Waals surface area (Å²) in [6, 6.07) is 1.54. The van der Waals surface area contributed by atoms with Crippen LogP contribution in [0.15, 0.2) is 17.1 Å². The summed E-state index contributed by atoms with van der Waals surface area (Å²) in [5, 5.41) is 4.15. The summed E-state index contributed by atoms with van der Waals surface area (Å²) in [6.07, 6.45) is 1.72. The summed E-state index contributed by atoms with van der Waals surface area (Å²) in [5.41, 5.74) is 2.52. The lowest BCUT2D eigenvalue weighted by Crippen LogP contribution is -2.11. The molecule has 0 aliphatic carbocycles. The Morgan fingerprint density at radius 1 is 1.41 bits per heavy atom. The third-order valence-corrected chi connectivity index (χ3v) is 2.84. The van der Waals surface area contributed by atoms with Crippen molar-refractivity contribution < 1.29 is 0 Å². The van der Waals surface area contributed by atoms with Crippen LogP contribution >= 0.6 is 0 Å². The van der Waals surface area contributed by atoms with Crippen LogP contribution in [0.2, 0.25) is 0 Å². The van der Waals surface area contributed by atoms with Crippen LogP contribution in [0.1, 0.15) is 31.2 Å². The van der Waals surface area contributed by atoms with E-state index < -0.39 is 0 Å². The second-order valence-electron chi connectivity index (χ2n) is 4.44. The highest BCUT2D eigenvalue weighted by molar-refractivity contribution is 5.56. The number of aromatic nitrogens is 4. The van der Waals surface area contributed by atoms with Gasteiger partial charge in [-0.15, -0.1) is 0 Å². The van der Waals surface area contributed by atoms with Crippen molar-refractivity contribution in [3.8, 4) is 11.4 Å². The third kappa shape index (κ3) is 2.13. The SMILES string of the molecule is Cc1c(-c2nc(C(C)C)cc(=O)[nH]2)cnn1C. The molecule has 0 saturated heterocycles. The number of nitrogens with one attached hydrogen (secondary N) is 1. The monoisotopic (exact) mass is 232 g/mol. The van der Waals surface area contributed by atoms with E-state index in [4.69, 9.17) is 0 Å². The van der Waals surface area contributed by atoms with Crippen LogP contribution in [-0.4, -0.2) is 19.7 Å². The minimum absolute atomic E-state index is 0.123. The van der Waals surface area contributed by atoms with E-state index in [1.165, 1.54) is 0 Å². The van der Waals surface area contributed by atoms with E-state index in [9.17, 15) is 4.79 Å². The van der Waals surface area contributed by atoms with E-state index >= 15 is 0 Å². The van der Waals surface area contributed by atoms with Crippen LogP contribution < -0.4 is 5.56 Å². The molecule has 0 aliphatic heterocycles. The largest absolute Gasteiger partial charge is 0.306 e. The minimum Gasteiger partial charge on any atom is -0.306 e. The minimum atomic E-state index is -0.123. The predicted octanol–water partition coefficient (Wildman–Crippen LogP) is 1.60. The summed E-state index contributed by atoms with van der Waals surface area (Å²) in [7, 11) is 1.86. The molecule has 2 aromatic heterocycles. The summed E-state index contributed by atoms with van der Waals surface area (Å²) >= 11 is 0. The van der Waals surface area contributed by atoms with Gasteiger partial charge in [-0.2, -0.15) is 5.10 Å². The Balaban J connectivity index is 2.60. The van der Waals surface area contributed by atoms with Gasteiger partial charge in [-0.3, -0.25) is 9.48 Å². The van der Waals surface area contributed by atoms with E-state index in [1.54, 1.807) is 16.9 Å². The predicted molar refractivity (Wildman–Crippen MR) is 65.9 cm³/mol. The fraction of sp³-hybridized carbons (Fsp3) is 0.417. The van der Waals surface area contributed by atoms with Gasteiger partial charge in [0.1, 0.15) is 5.82 Å². The van der Waals surface area contributed by atoms with Gasteiger partial charge in [0, 0.05) is 18.8 Å². The highest BCUT2D eigenvalue weighted by Gasteiger charge is 2.11. The van der Waals surface area contributed by atoms with Gasteiger partial charge < -0.3 is 4.98 Å². The third-order valence-electron chi connectivity index (χ3n) is 2.84. The Morgan fingerprint density at radius 3 is 2.65 bits per heavy atom. The lowest BCUT2D eigenvalue weighted by atomic mass is 10.1. The molecule has 2 heterocycles. The van der Waals surface area contributed by atoms with Crippen LogP contribution in [0.5, 0.6) is 0 Å². The number of aromatic amines is 1. The number of H-pyrrole nitrogens is 1. The van der Waals surface area contributed by atoms with Crippen molar-refractivity contribution in [3.05, 3.63) is 34.0 Å². The average Bonchev–Trinajstić information content (AvgIpc) is 2.59. The molecule has 17 heavy (non-hydrogen) atoms. The Bertz CT molecular complexity index is 595. The van der Waals surface area contributed by atoms with Crippen molar-refractivity contribution in [2.45, 2.75) is 26.7 Å². The normalized spacial score (nSPS) is 11.1. The number of hydrogen-bond acceptors (Lipinski definition) is 3. The standard InChI is InChI=1S/C12H16N4O/c1-7(2)10-5-11(17)15-12(14-10)9-6-13-16(4)8(9)3/h5-7H,1-4H3,(H,14,15,17). The Labute approximate surface area is 99.5 Å². The lowest BCUT2D eigenvalue weighted by molar-refractivity contribution is 0.740. The maximum atomic E-state index is 11.6. The van der Waals surface area contributed by atoms with Crippen molar-refractivity contribution in [2.24, 2.45) is 7.05 Å². The van der Waals surface area contributed by atoms with E-state index in [1.807, 2.05) is 27.8 Å². The second kappa shape index (κ2) is 4.16. The second-order valence-corrected chi connectivity index (χ2v) is 4.44. The van der Waals surface area contributed by atoms with Crippen molar-refractivity contribution in [1.82, 2.24) is 19.7 Å². The van der Waals surface area contributed by atoms with E-state index in [2.05, 4.69) is 15.1 Å². The van der Waals surface area contributed by atoms with Crippen LogP contribution in [0.4, 0.5) is 0 Å². The smallest absolute Gasteiger partial charge is 0.251 e. The van der Waals surface area contributed by atoms with Gasteiger partial charge in [0.25, 0.3) is 5.56 Å². The molecule has 5 nitrogen and oxygen atoms in total. The average molecular weight is 232 g/mol. The highest BCUT2D eigenvalue weighted by atomic mass is 16.1. The molecule has 2 rings (SSSR count). The van der Waals surface area contributed by atoms with Crippen LogP contribution in [0.25, 0.3) is 11.4 Å². The number of hydrogen-bond donors (Lipinski definition) is 1. The van der Waals surface area contributed by atoms with Crippen LogP contribution in [0, 0.1) is 6.92 Å². The maximum Gasteiger partial charge on any atom is 0.251 e. The zero-order valence-corrected chi connectivity index (χ0v) is 10.5. The molecular weight excluding hydrogens is 216 g/mol. The molecule has 5 heteroatoms. The van der Waals surface area contributed by atoms with Gasteiger partial charge in [0.2, 0.25) is 0 Å². The fourth-order valence-electron chi connectivity index (χ4n) is 1.63. The van der Waals surface area contributed by atoms with Gasteiger partial charge in [-0.05, 0) is 12.8 Å². The molecule has 2 aromatic rings. The molecule has 0 saturated carbocycles. The molecule has 0 radical (unpaired) electrons. The zero-order valence-electron chi connectivity index (χ0n) is 10.5. The first kappa shape index (κ1) is 11.6. The first-order chi connectivity index (χ1) is 7.99. The molecule has 0 aliphatic rings. The molecule has 1 N–H and O–H groups in total. The van der Waals surface area contributed by atoms with Crippen molar-refractivity contribution in [1.29, 1.82) is 0 Å². The molecule has 0 atom stereocenters. The molecule has 0 spiro atoms. The van der Waals surface area contributed by atoms with Crippen molar-refractivity contribution in [2.75, 3.05) is 0 Å². The van der Waals surface area contributed by atoms with Gasteiger partial charge in [-0.25, -0.2) is 4.98 Å². The lowest BCUT2D eigenvalue weighted by Gasteiger charge is -2.06. The van der Waals surface area contributed by atoms with E-state index in [-0.39, 0.29) is 11.5 Å². The molecule has 0 bridgehead atoms. The number of nitrogens with zero attached hydrogens (tertiary/aromatic N) is 3. The zero-order chi connectivity index (χ0) is 12.6. The number of aryl methyl sites for hydroxylation is 1. The summed E-state index contributed by atoms with van der Waals surface area (Å²) in [6.45, 7) is 5.98. The summed E-state index contributed by atoms with van der Waals surface area (Å²) < 4.78 is 1.76. The maximum absolute atomic E-state index is 11.6. The van der Waals surface area contributed by atoms with Gasteiger partial charge in [0.05, 0.1) is 17.5 Å². The first-order valence-electron chi connectivity index (χ1n) is 5.59. The molecule has 0 fully saturated rings. The summed E-state index contributed by atoms with van der Waals surface area (Å²) in [5.74, 6) is 0.819. The topological polar surface area (TPSA) is 63.6 Å². The van der Waals surface area contributed by atoms with Crippen LogP contribution in [0.3, 0.4) is 0 Å². The van der Waals surface area contributed by atoms with Crippen molar-refractivity contribution >= 4 is 0 Å². The fourth-order valence-corrected chi connectivity index (χ4v) is 1.63. The Hall–Kier alpha value is -1.91. The van der Waals surface area contributed by atoms with Gasteiger partial charge in [-0.1, -0.05) is 13.8 Å². The highest BCUT2D eigenvalue weighted by Crippen LogP contribution is 2.19. The molecule has 0 aromatic carbocycles. The van der Waals surface area contributed by atoms with E-state index in [0.717, 1.165) is 17.0 Å². The first-order valence-corrected chi connectivity index (χ1v) is 5.59. The summed E-state index contributed by atoms with van der Waals surface area (Å²) in [4.78, 5) is 18.8. The molecular formula is C12H16N4O. The quantitative estimate of drug-likeness (QED) is 0.855. The van der Waals surface area contributed by atoms with Gasteiger partial charge in [0.15, 0.2) is 0 Å². The Morgan fingerprint density at radius 2 is 2.12 bits per heavy atom. The molecule has 0 amide bonds. The van der Waals surface area contributed by atoms with Crippen LogP contribution in [-0.2, 0) is 7.05 Å². The van der Waals surface area contributed by atoms with E-state index in [0.29, 0.717) is 5.82 Å². The molecule has 0 unspecified atom stereocenters. The van der Waals surface area contributed by atoms with Crippen molar-refractivity contribution in [3.63, 3.8) is 0 Å². The number of rotatable bonds is 2. The Kier molecular flexibility index (Phi) is 2.83.